The lowest BCUT2D eigenvalue weighted by Gasteiger charge is -1.94. The number of aromatic nitrogens is 2. The SMILES string of the molecule is [B]c1cc2[nH]ncc2cc1F. The lowest BCUT2D eigenvalue weighted by molar-refractivity contribution is 0.638. The minimum atomic E-state index is -0.404. The average molecular weight is 146 g/mol. The van der Waals surface area contributed by atoms with Crippen LogP contribution in [0.3, 0.4) is 0 Å². The number of nitrogens with zero attached hydrogens (tertiary/aromatic N) is 1. The number of nitrogens with one attached hydrogen (secondary N) is 1. The second kappa shape index (κ2) is 2.08. The summed E-state index contributed by atoms with van der Waals surface area (Å²) in [5, 5.41) is 7.16. The zero-order chi connectivity index (χ0) is 7.84. The van der Waals surface area contributed by atoms with E-state index in [1.165, 1.54) is 12.1 Å². The van der Waals surface area contributed by atoms with Crippen molar-refractivity contribution in [3.63, 3.8) is 0 Å². The fraction of sp³-hybridized carbons (Fsp3) is 0. The molecule has 2 aromatic rings. The van der Waals surface area contributed by atoms with Crippen molar-refractivity contribution in [2.45, 2.75) is 0 Å². The first-order valence-corrected chi connectivity index (χ1v) is 3.15. The average Bonchev–Trinajstić information content (AvgIpc) is 2.36. The number of rotatable bonds is 0. The van der Waals surface area contributed by atoms with E-state index in [0.717, 1.165) is 10.9 Å². The Bertz CT molecular complexity index is 360. The molecule has 0 aliphatic rings. The predicted octanol–water partition coefficient (Wildman–Crippen LogP) is 0.496. The molecule has 11 heavy (non-hydrogen) atoms. The van der Waals surface area contributed by atoms with Crippen LogP contribution in [0.5, 0.6) is 0 Å². The van der Waals surface area contributed by atoms with Gasteiger partial charge in [-0.2, -0.15) is 5.10 Å². The highest BCUT2D eigenvalue weighted by Gasteiger charge is 2.00. The monoisotopic (exact) mass is 146 g/mol. The van der Waals surface area contributed by atoms with Crippen molar-refractivity contribution in [1.29, 1.82) is 0 Å². The Morgan fingerprint density at radius 3 is 3.09 bits per heavy atom. The highest BCUT2D eigenvalue weighted by atomic mass is 19.1. The lowest BCUT2D eigenvalue weighted by atomic mass is 9.95. The maximum absolute atomic E-state index is 12.8. The Balaban J connectivity index is 2.86. The molecule has 0 unspecified atom stereocenters. The molecule has 0 aliphatic carbocycles. The summed E-state index contributed by atoms with van der Waals surface area (Å²) >= 11 is 0. The Labute approximate surface area is 63.8 Å². The van der Waals surface area contributed by atoms with Gasteiger partial charge in [-0.15, -0.1) is 0 Å². The molecule has 0 amide bonds. The molecule has 1 N–H and O–H groups in total. The molecule has 0 saturated carbocycles. The van der Waals surface area contributed by atoms with Gasteiger partial charge in [0.15, 0.2) is 0 Å². The third-order valence-electron chi connectivity index (χ3n) is 1.56. The third-order valence-corrected chi connectivity index (χ3v) is 1.56. The molecular weight excluding hydrogens is 142 g/mol. The molecule has 0 saturated heterocycles. The van der Waals surface area contributed by atoms with E-state index in [4.69, 9.17) is 7.85 Å². The molecule has 1 aromatic carbocycles. The number of aromatic amines is 1. The number of fused-ring (bicyclic) bond motifs is 1. The summed E-state index contributed by atoms with van der Waals surface area (Å²) in [4.78, 5) is 0. The molecule has 2 nitrogen and oxygen atoms in total. The highest BCUT2D eigenvalue weighted by Crippen LogP contribution is 2.08. The smallest absolute Gasteiger partial charge is 0.118 e. The summed E-state index contributed by atoms with van der Waals surface area (Å²) in [6.45, 7) is 0. The van der Waals surface area contributed by atoms with E-state index in [9.17, 15) is 4.39 Å². The van der Waals surface area contributed by atoms with Gasteiger partial charge in [0.1, 0.15) is 13.7 Å². The predicted molar refractivity (Wildman–Crippen MR) is 41.4 cm³/mol. The first-order valence-electron chi connectivity index (χ1n) is 3.15. The van der Waals surface area contributed by atoms with E-state index in [0.29, 0.717) is 0 Å². The third kappa shape index (κ3) is 0.907. The standard InChI is InChI=1S/C7H4BFN2/c8-5-2-7-4(1-6(5)9)3-10-11-7/h1-3H,(H,10,11). The van der Waals surface area contributed by atoms with Crippen molar-refractivity contribution in [2.75, 3.05) is 0 Å². The Hall–Kier alpha value is -1.32. The molecule has 2 rings (SSSR count). The molecule has 0 aliphatic heterocycles. The van der Waals surface area contributed by atoms with Gasteiger partial charge in [0, 0.05) is 5.39 Å². The van der Waals surface area contributed by atoms with Crippen molar-refractivity contribution >= 4 is 24.2 Å². The minimum absolute atomic E-state index is 0.141. The summed E-state index contributed by atoms with van der Waals surface area (Å²) < 4.78 is 12.8. The van der Waals surface area contributed by atoms with E-state index < -0.39 is 5.82 Å². The van der Waals surface area contributed by atoms with Gasteiger partial charge in [-0.25, -0.2) is 4.39 Å². The number of hydrogen-bond donors (Lipinski definition) is 1. The fourth-order valence-corrected chi connectivity index (χ4v) is 0.980. The van der Waals surface area contributed by atoms with E-state index in [-0.39, 0.29) is 5.46 Å². The van der Waals surface area contributed by atoms with Crippen molar-refractivity contribution in [1.82, 2.24) is 10.2 Å². The molecule has 52 valence electrons. The quantitative estimate of drug-likeness (QED) is 0.538. The van der Waals surface area contributed by atoms with Crippen LogP contribution in [0, 0.1) is 5.82 Å². The molecular formula is C7H4BFN2. The first-order chi connectivity index (χ1) is 5.27. The largest absolute Gasteiger partial charge is 0.278 e. The van der Waals surface area contributed by atoms with Crippen LogP contribution < -0.4 is 5.46 Å². The highest BCUT2D eigenvalue weighted by molar-refractivity contribution is 6.33. The van der Waals surface area contributed by atoms with Gasteiger partial charge in [-0.05, 0) is 12.1 Å². The van der Waals surface area contributed by atoms with Crippen LogP contribution in [0.2, 0.25) is 0 Å². The van der Waals surface area contributed by atoms with Crippen LogP contribution in [-0.2, 0) is 0 Å². The summed E-state index contributed by atoms with van der Waals surface area (Å²) in [6, 6.07) is 2.88. The van der Waals surface area contributed by atoms with Crippen LogP contribution in [0.15, 0.2) is 18.3 Å². The molecule has 1 heterocycles. The normalized spacial score (nSPS) is 10.6. The Morgan fingerprint density at radius 1 is 1.45 bits per heavy atom. The van der Waals surface area contributed by atoms with Crippen LogP contribution >= 0.6 is 0 Å². The molecule has 0 spiro atoms. The van der Waals surface area contributed by atoms with Crippen molar-refractivity contribution in [3.8, 4) is 0 Å². The zero-order valence-corrected chi connectivity index (χ0v) is 5.63. The number of hydrogen-bond acceptors (Lipinski definition) is 1. The van der Waals surface area contributed by atoms with E-state index >= 15 is 0 Å². The number of H-pyrrole nitrogens is 1. The van der Waals surface area contributed by atoms with Crippen molar-refractivity contribution in [3.05, 3.63) is 24.1 Å². The molecule has 0 fully saturated rings. The van der Waals surface area contributed by atoms with Crippen LogP contribution in [0.25, 0.3) is 10.9 Å². The second-order valence-electron chi connectivity index (χ2n) is 2.33. The van der Waals surface area contributed by atoms with E-state index in [1.54, 1.807) is 6.20 Å². The molecule has 0 bridgehead atoms. The summed E-state index contributed by atoms with van der Waals surface area (Å²) in [5.41, 5.74) is 0.894. The maximum Gasteiger partial charge on any atom is 0.118 e. The Kier molecular flexibility index (Phi) is 1.21. The van der Waals surface area contributed by atoms with Crippen LogP contribution in [0.1, 0.15) is 0 Å². The molecule has 4 heteroatoms. The van der Waals surface area contributed by atoms with Gasteiger partial charge in [0.05, 0.1) is 11.7 Å². The number of halogens is 1. The summed E-state index contributed by atoms with van der Waals surface area (Å²) in [7, 11) is 5.32. The fourth-order valence-electron chi connectivity index (χ4n) is 0.980. The molecule has 1 aromatic heterocycles. The van der Waals surface area contributed by atoms with Gasteiger partial charge < -0.3 is 0 Å². The summed E-state index contributed by atoms with van der Waals surface area (Å²) in [5.74, 6) is -0.404. The van der Waals surface area contributed by atoms with Crippen molar-refractivity contribution in [2.24, 2.45) is 0 Å². The maximum atomic E-state index is 12.8. The van der Waals surface area contributed by atoms with Gasteiger partial charge in [0.25, 0.3) is 0 Å². The Morgan fingerprint density at radius 2 is 2.27 bits per heavy atom. The van der Waals surface area contributed by atoms with Crippen molar-refractivity contribution < 1.29 is 4.39 Å². The van der Waals surface area contributed by atoms with Crippen LogP contribution in [-0.4, -0.2) is 18.0 Å². The van der Waals surface area contributed by atoms with E-state index in [1.807, 2.05) is 0 Å². The molecule has 0 atom stereocenters. The second-order valence-corrected chi connectivity index (χ2v) is 2.33. The van der Waals surface area contributed by atoms with E-state index in [2.05, 4.69) is 10.2 Å². The van der Waals surface area contributed by atoms with Crippen LogP contribution in [0.4, 0.5) is 4.39 Å². The van der Waals surface area contributed by atoms with Gasteiger partial charge in [-0.1, -0.05) is 5.46 Å². The summed E-state index contributed by atoms with van der Waals surface area (Å²) in [6.07, 6.45) is 1.55. The zero-order valence-electron chi connectivity index (χ0n) is 5.63. The lowest BCUT2D eigenvalue weighted by Crippen LogP contribution is -2.06. The van der Waals surface area contributed by atoms with Gasteiger partial charge in [0.2, 0.25) is 0 Å². The number of benzene rings is 1. The van der Waals surface area contributed by atoms with Gasteiger partial charge in [-0.3, -0.25) is 5.10 Å². The minimum Gasteiger partial charge on any atom is -0.278 e. The van der Waals surface area contributed by atoms with Gasteiger partial charge >= 0.3 is 0 Å². The molecule has 2 radical (unpaired) electrons. The first kappa shape index (κ1) is 6.40. The topological polar surface area (TPSA) is 28.7 Å².